The van der Waals surface area contributed by atoms with Crippen LogP contribution in [0.5, 0.6) is 0 Å². The van der Waals surface area contributed by atoms with Crippen molar-refractivity contribution in [3.8, 4) is 0 Å². The van der Waals surface area contributed by atoms with Crippen LogP contribution >= 0.6 is 15.9 Å². The van der Waals surface area contributed by atoms with Crippen LogP contribution in [0.4, 0.5) is 11.5 Å². The van der Waals surface area contributed by atoms with Gasteiger partial charge in [0.1, 0.15) is 5.82 Å². The number of carbonyl (C=O) groups excluding carboxylic acids is 1. The number of amides is 1. The van der Waals surface area contributed by atoms with E-state index in [9.17, 15) is 4.79 Å². The van der Waals surface area contributed by atoms with Gasteiger partial charge in [-0.2, -0.15) is 0 Å². The van der Waals surface area contributed by atoms with Crippen LogP contribution in [0.15, 0.2) is 77.4 Å². The molecule has 1 aromatic heterocycles. The minimum Gasteiger partial charge on any atom is -0.364 e. The zero-order chi connectivity index (χ0) is 17.6. The first-order chi connectivity index (χ1) is 12.1. The van der Waals surface area contributed by atoms with Gasteiger partial charge in [-0.15, -0.1) is 0 Å². The first-order valence-electron chi connectivity index (χ1n) is 7.96. The SMILES string of the molecule is CC(Nc1ccc(NC(=O)c2cccc(Br)c2)cn1)c1ccccc1. The molecule has 0 bridgehead atoms. The number of anilines is 2. The van der Waals surface area contributed by atoms with Crippen LogP contribution in [0.3, 0.4) is 0 Å². The average molecular weight is 396 g/mol. The van der Waals surface area contributed by atoms with Gasteiger partial charge in [0, 0.05) is 16.1 Å². The first-order valence-corrected chi connectivity index (χ1v) is 8.75. The Morgan fingerprint density at radius 2 is 1.84 bits per heavy atom. The lowest BCUT2D eigenvalue weighted by Gasteiger charge is -2.15. The predicted molar refractivity (Wildman–Crippen MR) is 105 cm³/mol. The van der Waals surface area contributed by atoms with Gasteiger partial charge in [-0.1, -0.05) is 52.3 Å². The second kappa shape index (κ2) is 7.94. The summed E-state index contributed by atoms with van der Waals surface area (Å²) < 4.78 is 0.868. The number of aromatic nitrogens is 1. The molecule has 5 heteroatoms. The standard InChI is InChI=1S/C20H18BrN3O/c1-14(15-6-3-2-4-7-15)23-19-11-10-18(13-22-19)24-20(25)16-8-5-9-17(21)12-16/h2-14H,1H3,(H,22,23)(H,24,25). The predicted octanol–water partition coefficient (Wildman–Crippen LogP) is 5.27. The monoisotopic (exact) mass is 395 g/mol. The van der Waals surface area contributed by atoms with E-state index < -0.39 is 0 Å². The summed E-state index contributed by atoms with van der Waals surface area (Å²) in [5.41, 5.74) is 2.44. The molecule has 1 heterocycles. The summed E-state index contributed by atoms with van der Waals surface area (Å²) >= 11 is 3.37. The van der Waals surface area contributed by atoms with E-state index in [1.165, 1.54) is 5.56 Å². The van der Waals surface area contributed by atoms with E-state index in [0.29, 0.717) is 11.3 Å². The minimum atomic E-state index is -0.165. The van der Waals surface area contributed by atoms with Gasteiger partial charge in [0.05, 0.1) is 11.9 Å². The largest absolute Gasteiger partial charge is 0.364 e. The molecule has 0 spiro atoms. The molecule has 3 aromatic rings. The topological polar surface area (TPSA) is 54.0 Å². The summed E-state index contributed by atoms with van der Waals surface area (Å²) in [5.74, 6) is 0.596. The van der Waals surface area contributed by atoms with Crippen molar-refractivity contribution in [2.45, 2.75) is 13.0 Å². The van der Waals surface area contributed by atoms with E-state index in [1.807, 2.05) is 42.5 Å². The normalized spacial score (nSPS) is 11.6. The van der Waals surface area contributed by atoms with Gasteiger partial charge in [0.2, 0.25) is 0 Å². The van der Waals surface area contributed by atoms with Crippen molar-refractivity contribution in [2.75, 3.05) is 10.6 Å². The van der Waals surface area contributed by atoms with Crippen LogP contribution in [0.25, 0.3) is 0 Å². The number of benzene rings is 2. The maximum Gasteiger partial charge on any atom is 0.255 e. The van der Waals surface area contributed by atoms with Crippen molar-refractivity contribution < 1.29 is 4.79 Å². The summed E-state index contributed by atoms with van der Waals surface area (Å²) in [4.78, 5) is 16.6. The van der Waals surface area contributed by atoms with Crippen LogP contribution in [0, 0.1) is 0 Å². The molecule has 1 amide bonds. The first kappa shape index (κ1) is 17.2. The molecule has 25 heavy (non-hydrogen) atoms. The number of nitrogens with one attached hydrogen (secondary N) is 2. The van der Waals surface area contributed by atoms with Gasteiger partial charge < -0.3 is 10.6 Å². The van der Waals surface area contributed by atoms with Crippen molar-refractivity contribution in [3.05, 3.63) is 88.5 Å². The highest BCUT2D eigenvalue weighted by molar-refractivity contribution is 9.10. The summed E-state index contributed by atoms with van der Waals surface area (Å²) in [5, 5.41) is 6.20. The zero-order valence-corrected chi connectivity index (χ0v) is 15.3. The third kappa shape index (κ3) is 4.67. The lowest BCUT2D eigenvalue weighted by molar-refractivity contribution is 0.102. The van der Waals surface area contributed by atoms with E-state index in [2.05, 4.69) is 50.6 Å². The lowest BCUT2D eigenvalue weighted by atomic mass is 10.1. The van der Waals surface area contributed by atoms with Gasteiger partial charge in [0.25, 0.3) is 5.91 Å². The number of hydrogen-bond donors (Lipinski definition) is 2. The fourth-order valence-corrected chi connectivity index (χ4v) is 2.83. The molecule has 4 nitrogen and oxygen atoms in total. The minimum absolute atomic E-state index is 0.149. The molecule has 0 fully saturated rings. The second-order valence-corrected chi connectivity index (χ2v) is 6.59. The molecular weight excluding hydrogens is 378 g/mol. The van der Waals surface area contributed by atoms with Crippen molar-refractivity contribution >= 4 is 33.3 Å². The highest BCUT2D eigenvalue weighted by atomic mass is 79.9. The Kier molecular flexibility index (Phi) is 5.46. The van der Waals surface area contributed by atoms with Crippen molar-refractivity contribution in [3.63, 3.8) is 0 Å². The number of nitrogens with zero attached hydrogens (tertiary/aromatic N) is 1. The maximum atomic E-state index is 12.2. The van der Waals surface area contributed by atoms with E-state index >= 15 is 0 Å². The summed E-state index contributed by atoms with van der Waals surface area (Å²) in [6.07, 6.45) is 1.65. The molecular formula is C20H18BrN3O. The molecule has 0 aliphatic rings. The molecule has 1 unspecified atom stereocenters. The van der Waals surface area contributed by atoms with Crippen LogP contribution in [0.2, 0.25) is 0 Å². The van der Waals surface area contributed by atoms with Gasteiger partial charge in [0.15, 0.2) is 0 Å². The second-order valence-electron chi connectivity index (χ2n) is 5.67. The number of carbonyl (C=O) groups is 1. The van der Waals surface area contributed by atoms with Crippen LogP contribution < -0.4 is 10.6 Å². The highest BCUT2D eigenvalue weighted by Gasteiger charge is 2.08. The molecule has 0 saturated carbocycles. The number of halogens is 1. The van der Waals surface area contributed by atoms with E-state index in [-0.39, 0.29) is 11.9 Å². The van der Waals surface area contributed by atoms with Crippen LogP contribution in [-0.4, -0.2) is 10.9 Å². The van der Waals surface area contributed by atoms with E-state index in [4.69, 9.17) is 0 Å². The van der Waals surface area contributed by atoms with Crippen molar-refractivity contribution in [1.29, 1.82) is 0 Å². The summed E-state index contributed by atoms with van der Waals surface area (Å²) in [6, 6.07) is 21.3. The molecule has 2 aromatic carbocycles. The third-order valence-electron chi connectivity index (χ3n) is 3.77. The Hall–Kier alpha value is -2.66. The Balaban J connectivity index is 1.63. The van der Waals surface area contributed by atoms with Crippen molar-refractivity contribution in [2.24, 2.45) is 0 Å². The van der Waals surface area contributed by atoms with Crippen molar-refractivity contribution in [1.82, 2.24) is 4.98 Å². The molecule has 1 atom stereocenters. The third-order valence-corrected chi connectivity index (χ3v) is 4.27. The Labute approximate surface area is 155 Å². The molecule has 0 saturated heterocycles. The fraction of sp³-hybridized carbons (Fsp3) is 0.100. The van der Waals surface area contributed by atoms with Crippen LogP contribution in [0.1, 0.15) is 28.9 Å². The van der Waals surface area contributed by atoms with Gasteiger partial charge in [-0.25, -0.2) is 4.98 Å². The number of rotatable bonds is 5. The fourth-order valence-electron chi connectivity index (χ4n) is 2.43. The highest BCUT2D eigenvalue weighted by Crippen LogP contribution is 2.19. The molecule has 0 aliphatic carbocycles. The quantitative estimate of drug-likeness (QED) is 0.618. The smallest absolute Gasteiger partial charge is 0.255 e. The molecule has 0 aliphatic heterocycles. The number of pyridine rings is 1. The number of hydrogen-bond acceptors (Lipinski definition) is 3. The zero-order valence-electron chi connectivity index (χ0n) is 13.7. The molecule has 3 rings (SSSR count). The Bertz CT molecular complexity index is 850. The molecule has 0 radical (unpaired) electrons. The van der Waals surface area contributed by atoms with Gasteiger partial charge >= 0.3 is 0 Å². The van der Waals surface area contributed by atoms with E-state index in [0.717, 1.165) is 10.3 Å². The summed E-state index contributed by atoms with van der Waals surface area (Å²) in [7, 11) is 0. The van der Waals surface area contributed by atoms with Gasteiger partial charge in [-0.3, -0.25) is 4.79 Å². The summed E-state index contributed by atoms with van der Waals surface area (Å²) in [6.45, 7) is 2.08. The molecule has 126 valence electrons. The maximum absolute atomic E-state index is 12.2. The van der Waals surface area contributed by atoms with Gasteiger partial charge in [-0.05, 0) is 42.8 Å². The Morgan fingerprint density at radius 1 is 1.04 bits per heavy atom. The van der Waals surface area contributed by atoms with E-state index in [1.54, 1.807) is 18.3 Å². The van der Waals surface area contributed by atoms with Crippen LogP contribution in [-0.2, 0) is 0 Å². The molecule has 2 N–H and O–H groups in total. The lowest BCUT2D eigenvalue weighted by Crippen LogP contribution is -2.12. The Morgan fingerprint density at radius 3 is 2.52 bits per heavy atom. The average Bonchev–Trinajstić information content (AvgIpc) is 2.64.